The second-order valence-electron chi connectivity index (χ2n) is 6.83. The van der Waals surface area contributed by atoms with Gasteiger partial charge in [-0.3, -0.25) is 13.9 Å². The highest BCUT2D eigenvalue weighted by molar-refractivity contribution is 7.92. The summed E-state index contributed by atoms with van der Waals surface area (Å²) >= 11 is 5.92. The molecule has 0 unspecified atom stereocenters. The summed E-state index contributed by atoms with van der Waals surface area (Å²) in [5, 5.41) is 3.18. The molecule has 0 aliphatic carbocycles. The largest absolute Gasteiger partial charge is 0.321 e. The predicted octanol–water partition coefficient (Wildman–Crippen LogP) is 4.16. The number of pyridine rings is 1. The predicted molar refractivity (Wildman–Crippen MR) is 127 cm³/mol. The first kappa shape index (κ1) is 23.3. The number of nitrogens with one attached hydrogen (secondary N) is 1. The summed E-state index contributed by atoms with van der Waals surface area (Å²) in [6.45, 7) is 5.96. The lowest BCUT2D eigenvalue weighted by Gasteiger charge is -2.23. The van der Waals surface area contributed by atoms with Crippen molar-refractivity contribution in [2.75, 3.05) is 16.2 Å². The smallest absolute Gasteiger partial charge is 0.264 e. The van der Waals surface area contributed by atoms with Crippen molar-refractivity contribution < 1.29 is 13.2 Å². The summed E-state index contributed by atoms with van der Waals surface area (Å²) in [5.74, 6) is -0.495. The Balaban J connectivity index is 1.92. The minimum Gasteiger partial charge on any atom is -0.321 e. The molecule has 0 saturated carbocycles. The van der Waals surface area contributed by atoms with Crippen molar-refractivity contribution in [1.29, 1.82) is 0 Å². The zero-order chi connectivity index (χ0) is 23.3. The fourth-order valence-corrected chi connectivity index (χ4v) is 4.66. The van der Waals surface area contributed by atoms with Gasteiger partial charge in [0.2, 0.25) is 0 Å². The van der Waals surface area contributed by atoms with Gasteiger partial charge in [-0.25, -0.2) is 8.42 Å². The Morgan fingerprint density at radius 3 is 2.53 bits per heavy atom. The van der Waals surface area contributed by atoms with E-state index in [0.717, 1.165) is 0 Å². The van der Waals surface area contributed by atoms with Crippen molar-refractivity contribution in [3.05, 3.63) is 100 Å². The lowest BCUT2D eigenvalue weighted by molar-refractivity contribution is 0.102. The van der Waals surface area contributed by atoms with E-state index in [1.165, 1.54) is 57.5 Å². The molecule has 0 aliphatic heterocycles. The van der Waals surface area contributed by atoms with Gasteiger partial charge in [0.25, 0.3) is 21.5 Å². The van der Waals surface area contributed by atoms with Crippen LogP contribution in [0.2, 0.25) is 5.02 Å². The molecule has 0 bridgehead atoms. The molecule has 0 radical (unpaired) electrons. The molecule has 32 heavy (non-hydrogen) atoms. The summed E-state index contributed by atoms with van der Waals surface area (Å²) in [6, 6.07) is 15.0. The van der Waals surface area contributed by atoms with Crippen LogP contribution in [0.25, 0.3) is 0 Å². The molecule has 166 valence electrons. The molecule has 0 spiro atoms. The lowest BCUT2D eigenvalue weighted by Crippen LogP contribution is -2.31. The monoisotopic (exact) mass is 471 g/mol. The fraction of sp³-hybridized carbons (Fsp3) is 0.130. The van der Waals surface area contributed by atoms with Crippen molar-refractivity contribution in [3.63, 3.8) is 0 Å². The van der Waals surface area contributed by atoms with Crippen LogP contribution in [0.15, 0.2) is 89.2 Å². The van der Waals surface area contributed by atoms with Gasteiger partial charge in [0.15, 0.2) is 0 Å². The van der Waals surface area contributed by atoms with E-state index in [9.17, 15) is 18.0 Å². The van der Waals surface area contributed by atoms with Crippen molar-refractivity contribution in [2.45, 2.75) is 18.4 Å². The number of hydrogen-bond acceptors (Lipinski definition) is 4. The molecule has 0 saturated heterocycles. The van der Waals surface area contributed by atoms with E-state index in [1.807, 2.05) is 6.92 Å². The van der Waals surface area contributed by atoms with E-state index >= 15 is 0 Å². The number of carbonyl (C=O) groups is 1. The molecule has 3 aromatic rings. The number of aromatic nitrogens is 1. The number of aryl methyl sites for hydroxylation is 1. The van der Waals surface area contributed by atoms with Crippen LogP contribution in [0.5, 0.6) is 0 Å². The van der Waals surface area contributed by atoms with E-state index in [1.54, 1.807) is 24.3 Å². The zero-order valence-electron chi connectivity index (χ0n) is 17.4. The lowest BCUT2D eigenvalue weighted by atomic mass is 10.2. The summed E-state index contributed by atoms with van der Waals surface area (Å²) in [7, 11) is -3.98. The van der Waals surface area contributed by atoms with Gasteiger partial charge in [-0.1, -0.05) is 23.7 Å². The maximum atomic E-state index is 13.3. The minimum absolute atomic E-state index is 0.0406. The first-order chi connectivity index (χ1) is 15.3. The Kier molecular flexibility index (Phi) is 7.17. The summed E-state index contributed by atoms with van der Waals surface area (Å²) in [4.78, 5) is 24.4. The van der Waals surface area contributed by atoms with E-state index in [-0.39, 0.29) is 22.6 Å². The Labute approximate surface area is 191 Å². The van der Waals surface area contributed by atoms with E-state index < -0.39 is 15.9 Å². The van der Waals surface area contributed by atoms with Crippen LogP contribution in [0.4, 0.5) is 11.4 Å². The van der Waals surface area contributed by atoms with E-state index in [2.05, 4.69) is 11.9 Å². The third-order valence-electron chi connectivity index (χ3n) is 4.68. The second-order valence-corrected chi connectivity index (χ2v) is 9.12. The van der Waals surface area contributed by atoms with Crippen LogP contribution in [0.1, 0.15) is 17.3 Å². The van der Waals surface area contributed by atoms with Crippen LogP contribution in [0, 0.1) is 0 Å². The van der Waals surface area contributed by atoms with Crippen LogP contribution in [-0.4, -0.2) is 25.4 Å². The molecular formula is C23H22ClN3O4S. The second kappa shape index (κ2) is 9.84. The number of halogens is 1. The van der Waals surface area contributed by atoms with E-state index in [0.29, 0.717) is 22.9 Å². The van der Waals surface area contributed by atoms with Crippen LogP contribution >= 0.6 is 11.6 Å². The van der Waals surface area contributed by atoms with Gasteiger partial charge < -0.3 is 9.88 Å². The molecule has 0 fully saturated rings. The van der Waals surface area contributed by atoms with Gasteiger partial charge in [-0.15, -0.1) is 6.58 Å². The Morgan fingerprint density at radius 1 is 1.16 bits per heavy atom. The summed E-state index contributed by atoms with van der Waals surface area (Å²) < 4.78 is 29.3. The normalized spacial score (nSPS) is 11.1. The van der Waals surface area contributed by atoms with Gasteiger partial charge in [0.05, 0.1) is 22.8 Å². The summed E-state index contributed by atoms with van der Waals surface area (Å²) in [6.07, 6.45) is 3.01. The highest BCUT2D eigenvalue weighted by atomic mass is 35.5. The molecule has 3 rings (SSSR count). The SMILES string of the molecule is C=CCN(c1ccc(Cl)cc1)S(=O)(=O)c1cccc(C(=O)Nc2ccc(=O)n(CC)c2)c1. The van der Waals surface area contributed by atoms with Crippen molar-refractivity contribution in [3.8, 4) is 0 Å². The number of nitrogens with zero attached hydrogens (tertiary/aromatic N) is 2. The highest BCUT2D eigenvalue weighted by Gasteiger charge is 2.25. The topological polar surface area (TPSA) is 88.5 Å². The van der Waals surface area contributed by atoms with Gasteiger partial charge in [-0.05, 0) is 55.5 Å². The van der Waals surface area contributed by atoms with Crippen LogP contribution in [-0.2, 0) is 16.6 Å². The maximum absolute atomic E-state index is 13.3. The van der Waals surface area contributed by atoms with Gasteiger partial charge in [-0.2, -0.15) is 0 Å². The average molecular weight is 472 g/mol. The van der Waals surface area contributed by atoms with Crippen molar-refractivity contribution in [2.24, 2.45) is 0 Å². The molecule has 2 aromatic carbocycles. The first-order valence-corrected chi connectivity index (χ1v) is 11.6. The molecule has 1 aromatic heterocycles. The van der Waals surface area contributed by atoms with Crippen molar-refractivity contribution in [1.82, 2.24) is 4.57 Å². The number of benzene rings is 2. The molecule has 0 aliphatic rings. The molecule has 1 N–H and O–H groups in total. The van der Waals surface area contributed by atoms with Crippen LogP contribution in [0.3, 0.4) is 0 Å². The molecule has 7 nitrogen and oxygen atoms in total. The zero-order valence-corrected chi connectivity index (χ0v) is 18.9. The maximum Gasteiger partial charge on any atom is 0.264 e. The number of amides is 1. The van der Waals surface area contributed by atoms with Gasteiger partial charge in [0.1, 0.15) is 0 Å². The molecule has 1 heterocycles. The van der Waals surface area contributed by atoms with Gasteiger partial charge in [0, 0.05) is 29.4 Å². The number of sulfonamides is 1. The fourth-order valence-electron chi connectivity index (χ4n) is 3.05. The number of carbonyl (C=O) groups excluding carboxylic acids is 1. The van der Waals surface area contributed by atoms with Crippen molar-refractivity contribution >= 4 is 38.9 Å². The third-order valence-corrected chi connectivity index (χ3v) is 6.72. The van der Waals surface area contributed by atoms with Gasteiger partial charge >= 0.3 is 0 Å². The standard InChI is InChI=1S/C23H22ClN3O4S/c1-3-14-27(20-11-8-18(24)9-12-20)32(30,31)21-7-5-6-17(15-21)23(29)25-19-10-13-22(28)26(4-2)16-19/h3,5-13,15-16H,1,4,14H2,2H3,(H,25,29). The Morgan fingerprint density at radius 2 is 1.88 bits per heavy atom. The van der Waals surface area contributed by atoms with Crippen LogP contribution < -0.4 is 15.2 Å². The number of anilines is 2. The highest BCUT2D eigenvalue weighted by Crippen LogP contribution is 2.26. The molecule has 0 atom stereocenters. The van der Waals surface area contributed by atoms with E-state index in [4.69, 9.17) is 11.6 Å². The summed E-state index contributed by atoms with van der Waals surface area (Å²) in [5.41, 5.74) is 0.836. The Bertz CT molecular complexity index is 1300. The number of rotatable bonds is 8. The average Bonchev–Trinajstić information content (AvgIpc) is 2.79. The third kappa shape index (κ3) is 5.09. The first-order valence-electron chi connectivity index (χ1n) is 9.77. The Hall–Kier alpha value is -3.36. The molecular weight excluding hydrogens is 450 g/mol. The quantitative estimate of drug-likeness (QED) is 0.500. The minimum atomic E-state index is -3.98. The molecule has 9 heteroatoms. The number of hydrogen-bond donors (Lipinski definition) is 1. The molecule has 1 amide bonds.